The van der Waals surface area contributed by atoms with Crippen LogP contribution >= 0.6 is 15.9 Å². The topological polar surface area (TPSA) is 61.7 Å². The van der Waals surface area contributed by atoms with E-state index in [0.717, 1.165) is 33.3 Å². The molecule has 0 spiro atoms. The van der Waals surface area contributed by atoms with E-state index < -0.39 is 0 Å². The van der Waals surface area contributed by atoms with Gasteiger partial charge in [0, 0.05) is 19.0 Å². The smallest absolute Gasteiger partial charge is 0.0933 e. The first-order valence-corrected chi connectivity index (χ1v) is 7.31. The van der Waals surface area contributed by atoms with E-state index in [4.69, 9.17) is 5.73 Å². The van der Waals surface area contributed by atoms with Crippen molar-refractivity contribution < 1.29 is 0 Å². The Morgan fingerprint density at radius 3 is 2.85 bits per heavy atom. The Balaban J connectivity index is 2.18. The summed E-state index contributed by atoms with van der Waals surface area (Å²) in [6, 6.07) is 7.80. The van der Waals surface area contributed by atoms with Crippen molar-refractivity contribution in [2.75, 3.05) is 0 Å². The minimum absolute atomic E-state index is 0.307. The van der Waals surface area contributed by atoms with Gasteiger partial charge in [0.1, 0.15) is 0 Å². The summed E-state index contributed by atoms with van der Waals surface area (Å²) in [6.45, 7) is 2.82. The first-order chi connectivity index (χ1) is 9.63. The number of benzene rings is 1. The van der Waals surface area contributed by atoms with E-state index in [2.05, 4.69) is 32.2 Å². The third kappa shape index (κ3) is 1.96. The monoisotopic (exact) mass is 333 g/mol. The Morgan fingerprint density at radius 1 is 1.35 bits per heavy atom. The molecule has 2 aromatic heterocycles. The molecule has 5 nitrogen and oxygen atoms in total. The number of aromatic nitrogens is 4. The number of fused-ring (bicyclic) bond motifs is 1. The number of nitrogens with zero attached hydrogens (tertiary/aromatic N) is 4. The molecule has 0 amide bonds. The summed E-state index contributed by atoms with van der Waals surface area (Å²) in [6.07, 6.45) is 1.78. The Hall–Kier alpha value is -1.66. The molecule has 2 N–H and O–H groups in total. The molecular formula is C14H16BrN5. The largest absolute Gasteiger partial charge is 0.318 e. The second-order valence-corrected chi connectivity index (χ2v) is 5.55. The Labute approximate surface area is 125 Å². The maximum Gasteiger partial charge on any atom is 0.0933 e. The molecule has 0 saturated heterocycles. The third-order valence-corrected chi connectivity index (χ3v) is 4.12. The van der Waals surface area contributed by atoms with E-state index >= 15 is 0 Å². The lowest BCUT2D eigenvalue weighted by Gasteiger charge is -2.12. The van der Waals surface area contributed by atoms with Gasteiger partial charge in [-0.15, -0.1) is 0 Å². The minimum Gasteiger partial charge on any atom is -0.318 e. The maximum atomic E-state index is 6.45. The summed E-state index contributed by atoms with van der Waals surface area (Å²) in [5.74, 6) is 0. The van der Waals surface area contributed by atoms with E-state index in [1.807, 2.05) is 41.5 Å². The van der Waals surface area contributed by atoms with E-state index in [1.165, 1.54) is 0 Å². The molecule has 0 saturated carbocycles. The van der Waals surface area contributed by atoms with E-state index in [0.29, 0.717) is 0 Å². The van der Waals surface area contributed by atoms with E-state index in [-0.39, 0.29) is 6.04 Å². The van der Waals surface area contributed by atoms with Gasteiger partial charge in [-0.2, -0.15) is 10.2 Å². The summed E-state index contributed by atoms with van der Waals surface area (Å²) in [7, 11) is 1.94. The zero-order chi connectivity index (χ0) is 14.3. The van der Waals surface area contributed by atoms with Crippen LogP contribution in [0.15, 0.2) is 34.9 Å². The molecule has 0 aliphatic rings. The summed E-state index contributed by atoms with van der Waals surface area (Å²) in [5.41, 5.74) is 9.36. The molecule has 0 aliphatic heterocycles. The van der Waals surface area contributed by atoms with Gasteiger partial charge in [-0.1, -0.05) is 18.2 Å². The number of hydrogen-bond donors (Lipinski definition) is 1. The predicted octanol–water partition coefficient (Wildman–Crippen LogP) is 2.60. The molecule has 0 aliphatic carbocycles. The fourth-order valence-electron chi connectivity index (χ4n) is 2.53. The van der Waals surface area contributed by atoms with Crippen molar-refractivity contribution in [1.82, 2.24) is 19.6 Å². The molecule has 20 heavy (non-hydrogen) atoms. The summed E-state index contributed by atoms with van der Waals surface area (Å²) < 4.78 is 4.69. The molecule has 104 valence electrons. The number of para-hydroxylation sites is 1. The summed E-state index contributed by atoms with van der Waals surface area (Å²) in [5, 5.41) is 10.00. The number of aryl methyl sites for hydroxylation is 2. The van der Waals surface area contributed by atoms with Crippen molar-refractivity contribution >= 4 is 26.8 Å². The molecular weight excluding hydrogens is 318 g/mol. The van der Waals surface area contributed by atoms with Crippen LogP contribution in [0.4, 0.5) is 0 Å². The van der Waals surface area contributed by atoms with Gasteiger partial charge in [-0.3, -0.25) is 9.36 Å². The highest BCUT2D eigenvalue weighted by Gasteiger charge is 2.22. The van der Waals surface area contributed by atoms with Crippen molar-refractivity contribution in [2.24, 2.45) is 12.8 Å². The Morgan fingerprint density at radius 2 is 2.10 bits per heavy atom. The Bertz CT molecular complexity index is 758. The van der Waals surface area contributed by atoms with Gasteiger partial charge in [0.25, 0.3) is 0 Å². The van der Waals surface area contributed by atoms with Crippen LogP contribution in [0, 0.1) is 0 Å². The number of rotatable bonds is 3. The zero-order valence-corrected chi connectivity index (χ0v) is 13.0. The standard InChI is InChI=1S/C14H16BrN5/c1-3-20-14(10(15)8-17-20)12(16)13-9-6-4-5-7-11(9)19(2)18-13/h4-8,12H,3,16H2,1-2H3. The second kappa shape index (κ2) is 5.03. The molecule has 1 atom stereocenters. The molecule has 0 radical (unpaired) electrons. The fourth-order valence-corrected chi connectivity index (χ4v) is 3.08. The van der Waals surface area contributed by atoms with Gasteiger partial charge >= 0.3 is 0 Å². The van der Waals surface area contributed by atoms with Crippen LogP contribution in [0.3, 0.4) is 0 Å². The average Bonchev–Trinajstić information content (AvgIpc) is 3.00. The summed E-state index contributed by atoms with van der Waals surface area (Å²) in [4.78, 5) is 0. The van der Waals surface area contributed by atoms with Gasteiger partial charge < -0.3 is 5.73 Å². The number of halogens is 1. The molecule has 1 aromatic carbocycles. The van der Waals surface area contributed by atoms with Crippen molar-refractivity contribution in [3.05, 3.63) is 46.3 Å². The first kappa shape index (κ1) is 13.3. The highest BCUT2D eigenvalue weighted by molar-refractivity contribution is 9.10. The lowest BCUT2D eigenvalue weighted by atomic mass is 10.1. The quantitative estimate of drug-likeness (QED) is 0.801. The average molecular weight is 334 g/mol. The Kier molecular flexibility index (Phi) is 3.35. The highest BCUT2D eigenvalue weighted by atomic mass is 79.9. The van der Waals surface area contributed by atoms with Crippen LogP contribution < -0.4 is 5.73 Å². The van der Waals surface area contributed by atoms with Crippen LogP contribution in [0.5, 0.6) is 0 Å². The fraction of sp³-hybridized carbons (Fsp3) is 0.286. The normalized spacial score (nSPS) is 13.0. The van der Waals surface area contributed by atoms with Crippen molar-refractivity contribution in [2.45, 2.75) is 19.5 Å². The number of hydrogen-bond acceptors (Lipinski definition) is 3. The minimum atomic E-state index is -0.307. The van der Waals surface area contributed by atoms with Gasteiger partial charge in [-0.25, -0.2) is 0 Å². The third-order valence-electron chi connectivity index (χ3n) is 3.51. The number of nitrogens with two attached hydrogens (primary N) is 1. The molecule has 0 bridgehead atoms. The molecule has 0 fully saturated rings. The first-order valence-electron chi connectivity index (χ1n) is 6.52. The lowest BCUT2D eigenvalue weighted by Crippen LogP contribution is -2.18. The molecule has 3 aromatic rings. The van der Waals surface area contributed by atoms with Crippen LogP contribution in [-0.2, 0) is 13.6 Å². The van der Waals surface area contributed by atoms with Gasteiger partial charge in [0.15, 0.2) is 0 Å². The van der Waals surface area contributed by atoms with Crippen LogP contribution in [0.1, 0.15) is 24.4 Å². The second-order valence-electron chi connectivity index (χ2n) is 4.70. The van der Waals surface area contributed by atoms with Crippen LogP contribution in [-0.4, -0.2) is 19.6 Å². The molecule has 6 heteroatoms. The van der Waals surface area contributed by atoms with Gasteiger partial charge in [0.05, 0.1) is 33.6 Å². The highest BCUT2D eigenvalue weighted by Crippen LogP contribution is 2.30. The SMILES string of the molecule is CCn1ncc(Br)c1C(N)c1nn(C)c2ccccc12. The molecule has 3 rings (SSSR count). The van der Waals surface area contributed by atoms with Crippen LogP contribution in [0.2, 0.25) is 0 Å². The molecule has 2 heterocycles. The maximum absolute atomic E-state index is 6.45. The van der Waals surface area contributed by atoms with Crippen molar-refractivity contribution in [1.29, 1.82) is 0 Å². The molecule has 1 unspecified atom stereocenters. The predicted molar refractivity (Wildman–Crippen MR) is 82.3 cm³/mol. The van der Waals surface area contributed by atoms with Gasteiger partial charge in [0.2, 0.25) is 0 Å². The zero-order valence-electron chi connectivity index (χ0n) is 11.4. The lowest BCUT2D eigenvalue weighted by molar-refractivity contribution is 0.591. The van der Waals surface area contributed by atoms with Crippen molar-refractivity contribution in [3.63, 3.8) is 0 Å². The van der Waals surface area contributed by atoms with E-state index in [1.54, 1.807) is 6.20 Å². The van der Waals surface area contributed by atoms with E-state index in [9.17, 15) is 0 Å². The van der Waals surface area contributed by atoms with Gasteiger partial charge in [-0.05, 0) is 28.9 Å². The van der Waals surface area contributed by atoms with Crippen LogP contribution in [0.25, 0.3) is 10.9 Å². The van der Waals surface area contributed by atoms with Crippen molar-refractivity contribution in [3.8, 4) is 0 Å². The summed E-state index contributed by atoms with van der Waals surface area (Å²) >= 11 is 3.53.